The summed E-state index contributed by atoms with van der Waals surface area (Å²) >= 11 is 0. The van der Waals surface area contributed by atoms with Gasteiger partial charge in [0.2, 0.25) is 5.91 Å². The maximum atomic E-state index is 14.1. The summed E-state index contributed by atoms with van der Waals surface area (Å²) in [7, 11) is 0. The number of imidazole rings is 1. The molecule has 0 radical (unpaired) electrons. The van der Waals surface area contributed by atoms with Gasteiger partial charge in [0.1, 0.15) is 5.82 Å². The fourth-order valence-electron chi connectivity index (χ4n) is 2.34. The van der Waals surface area contributed by atoms with Crippen molar-refractivity contribution in [2.24, 2.45) is 0 Å². The van der Waals surface area contributed by atoms with Crippen LogP contribution in [0.3, 0.4) is 0 Å². The van der Waals surface area contributed by atoms with Crippen LogP contribution in [0.5, 0.6) is 0 Å². The summed E-state index contributed by atoms with van der Waals surface area (Å²) in [4.78, 5) is 17.3. The number of carbonyl (C=O) groups excluding carboxylic acids is 1. The molecule has 1 saturated heterocycles. The third-order valence-electron chi connectivity index (χ3n) is 3.31. The lowest BCUT2D eigenvalue weighted by Crippen LogP contribution is -2.24. The van der Waals surface area contributed by atoms with Crippen LogP contribution in [0.4, 0.5) is 10.1 Å². The van der Waals surface area contributed by atoms with Crippen LogP contribution in [-0.4, -0.2) is 22.0 Å². The first-order valence-corrected chi connectivity index (χ1v) is 6.26. The van der Waals surface area contributed by atoms with Gasteiger partial charge in [-0.3, -0.25) is 4.79 Å². The number of anilines is 1. The molecule has 5 heteroatoms. The van der Waals surface area contributed by atoms with Crippen LogP contribution < -0.4 is 4.90 Å². The smallest absolute Gasteiger partial charge is 0.227 e. The second-order valence-corrected chi connectivity index (χ2v) is 4.71. The number of halogens is 1. The number of rotatable bonds is 2. The van der Waals surface area contributed by atoms with Gasteiger partial charge in [-0.25, -0.2) is 9.37 Å². The molecule has 0 saturated carbocycles. The third-order valence-corrected chi connectivity index (χ3v) is 3.31. The second kappa shape index (κ2) is 4.50. The van der Waals surface area contributed by atoms with Gasteiger partial charge < -0.3 is 9.47 Å². The third kappa shape index (κ3) is 2.12. The summed E-state index contributed by atoms with van der Waals surface area (Å²) in [5, 5.41) is 0. The van der Waals surface area contributed by atoms with Gasteiger partial charge in [0, 0.05) is 30.9 Å². The van der Waals surface area contributed by atoms with E-state index in [0.29, 0.717) is 24.3 Å². The minimum absolute atomic E-state index is 0.00914. The lowest BCUT2D eigenvalue weighted by atomic mass is 10.2. The Morgan fingerprint density at radius 1 is 1.37 bits per heavy atom. The summed E-state index contributed by atoms with van der Waals surface area (Å²) < 4.78 is 15.9. The molecule has 1 aliphatic heterocycles. The molecule has 1 aromatic carbocycles. The van der Waals surface area contributed by atoms with Crippen molar-refractivity contribution in [2.45, 2.75) is 19.8 Å². The number of benzene rings is 1. The zero-order chi connectivity index (χ0) is 13.4. The van der Waals surface area contributed by atoms with Gasteiger partial charge in [-0.05, 0) is 25.5 Å². The lowest BCUT2D eigenvalue weighted by molar-refractivity contribution is -0.117. The number of aryl methyl sites for hydroxylation is 1. The van der Waals surface area contributed by atoms with E-state index < -0.39 is 0 Å². The van der Waals surface area contributed by atoms with Crippen LogP contribution in [-0.2, 0) is 4.79 Å². The van der Waals surface area contributed by atoms with Crippen LogP contribution in [0, 0.1) is 12.7 Å². The summed E-state index contributed by atoms with van der Waals surface area (Å²) in [6, 6.07) is 4.89. The van der Waals surface area contributed by atoms with Crippen LogP contribution in [0.25, 0.3) is 5.69 Å². The molecule has 0 spiro atoms. The predicted octanol–water partition coefficient (Wildman–Crippen LogP) is 2.45. The van der Waals surface area contributed by atoms with Crippen molar-refractivity contribution in [2.75, 3.05) is 11.4 Å². The maximum Gasteiger partial charge on any atom is 0.227 e. The van der Waals surface area contributed by atoms with Crippen molar-refractivity contribution in [3.63, 3.8) is 0 Å². The Labute approximate surface area is 110 Å². The van der Waals surface area contributed by atoms with Gasteiger partial charge in [-0.15, -0.1) is 0 Å². The molecule has 0 atom stereocenters. The Morgan fingerprint density at radius 3 is 2.79 bits per heavy atom. The Hall–Kier alpha value is -2.17. The average molecular weight is 259 g/mol. The molecule has 1 amide bonds. The fourth-order valence-corrected chi connectivity index (χ4v) is 2.34. The molecule has 2 heterocycles. The van der Waals surface area contributed by atoms with Gasteiger partial charge >= 0.3 is 0 Å². The topological polar surface area (TPSA) is 38.1 Å². The molecule has 98 valence electrons. The highest BCUT2D eigenvalue weighted by Gasteiger charge is 2.24. The molecule has 0 bridgehead atoms. The van der Waals surface area contributed by atoms with E-state index in [4.69, 9.17) is 0 Å². The van der Waals surface area contributed by atoms with E-state index in [0.717, 1.165) is 12.1 Å². The Balaban J connectivity index is 1.96. The van der Waals surface area contributed by atoms with Gasteiger partial charge in [-0.2, -0.15) is 0 Å². The Bertz CT molecular complexity index is 635. The van der Waals surface area contributed by atoms with Crippen LogP contribution in [0.1, 0.15) is 18.5 Å². The van der Waals surface area contributed by atoms with Crippen LogP contribution in [0.15, 0.2) is 30.7 Å². The zero-order valence-electron chi connectivity index (χ0n) is 10.6. The number of carbonyl (C=O) groups is 1. The quantitative estimate of drug-likeness (QED) is 0.830. The van der Waals surface area contributed by atoms with Gasteiger partial charge in [0.15, 0.2) is 0 Å². The summed E-state index contributed by atoms with van der Waals surface area (Å²) in [6.45, 7) is 2.48. The zero-order valence-corrected chi connectivity index (χ0v) is 10.6. The minimum Gasteiger partial charge on any atom is -0.310 e. The number of amides is 1. The predicted molar refractivity (Wildman–Crippen MR) is 69.8 cm³/mol. The van der Waals surface area contributed by atoms with Crippen molar-refractivity contribution in [1.82, 2.24) is 9.55 Å². The molecule has 1 fully saturated rings. The van der Waals surface area contributed by atoms with E-state index in [2.05, 4.69) is 4.98 Å². The maximum absolute atomic E-state index is 14.1. The first-order chi connectivity index (χ1) is 9.15. The highest BCUT2D eigenvalue weighted by molar-refractivity contribution is 5.95. The SMILES string of the molecule is Cc1cn(-c2ccc(N3CCCC3=O)c(F)c2)cn1. The van der Waals surface area contributed by atoms with E-state index in [-0.39, 0.29) is 11.7 Å². The molecule has 3 rings (SSSR count). The highest BCUT2D eigenvalue weighted by Crippen LogP contribution is 2.26. The van der Waals surface area contributed by atoms with Crippen LogP contribution >= 0.6 is 0 Å². The molecule has 4 nitrogen and oxygen atoms in total. The first-order valence-electron chi connectivity index (χ1n) is 6.26. The van der Waals surface area contributed by atoms with Crippen molar-refractivity contribution < 1.29 is 9.18 Å². The summed E-state index contributed by atoms with van der Waals surface area (Å²) in [5.74, 6) is -0.385. The summed E-state index contributed by atoms with van der Waals surface area (Å²) in [5.41, 5.74) is 1.94. The van der Waals surface area contributed by atoms with Crippen molar-refractivity contribution in [3.8, 4) is 5.69 Å². The average Bonchev–Trinajstić information content (AvgIpc) is 2.98. The van der Waals surface area contributed by atoms with Gasteiger partial charge in [0.25, 0.3) is 0 Å². The molecule has 1 aromatic heterocycles. The number of hydrogen-bond acceptors (Lipinski definition) is 2. The molecule has 0 unspecified atom stereocenters. The van der Waals surface area contributed by atoms with E-state index in [1.165, 1.54) is 11.0 Å². The standard InChI is InChI=1S/C14H14FN3O/c1-10-8-17(9-16-10)11-4-5-13(12(15)7-11)18-6-2-3-14(18)19/h4-5,7-9H,2-3,6H2,1H3. The van der Waals surface area contributed by atoms with Crippen molar-refractivity contribution >= 4 is 11.6 Å². The number of aromatic nitrogens is 2. The lowest BCUT2D eigenvalue weighted by Gasteiger charge is -2.17. The first kappa shape index (κ1) is 11.9. The molecule has 1 aliphatic rings. The fraction of sp³-hybridized carbons (Fsp3) is 0.286. The van der Waals surface area contributed by atoms with E-state index >= 15 is 0 Å². The molecule has 2 aromatic rings. The molecule has 0 aliphatic carbocycles. The van der Waals surface area contributed by atoms with Crippen LogP contribution in [0.2, 0.25) is 0 Å². The molecule has 0 N–H and O–H groups in total. The van der Waals surface area contributed by atoms with Gasteiger partial charge in [-0.1, -0.05) is 0 Å². The van der Waals surface area contributed by atoms with Crippen molar-refractivity contribution in [3.05, 3.63) is 42.2 Å². The second-order valence-electron chi connectivity index (χ2n) is 4.71. The molecule has 19 heavy (non-hydrogen) atoms. The number of hydrogen-bond donors (Lipinski definition) is 0. The summed E-state index contributed by atoms with van der Waals surface area (Å²) in [6.07, 6.45) is 4.77. The normalized spacial score (nSPS) is 15.3. The Morgan fingerprint density at radius 2 is 2.21 bits per heavy atom. The van der Waals surface area contributed by atoms with E-state index in [9.17, 15) is 9.18 Å². The molecular formula is C14H14FN3O. The highest BCUT2D eigenvalue weighted by atomic mass is 19.1. The van der Waals surface area contributed by atoms with Gasteiger partial charge in [0.05, 0.1) is 17.7 Å². The number of nitrogens with zero attached hydrogens (tertiary/aromatic N) is 3. The minimum atomic E-state index is -0.376. The van der Waals surface area contributed by atoms with E-state index in [1.54, 1.807) is 23.0 Å². The molecular weight excluding hydrogens is 245 g/mol. The van der Waals surface area contributed by atoms with Crippen molar-refractivity contribution in [1.29, 1.82) is 0 Å². The largest absolute Gasteiger partial charge is 0.310 e. The Kier molecular flexibility index (Phi) is 2.81. The van der Waals surface area contributed by atoms with E-state index in [1.807, 2.05) is 13.1 Å². The monoisotopic (exact) mass is 259 g/mol.